The number of nitrogens with one attached hydrogen (secondary N) is 1. The molecule has 12 heavy (non-hydrogen) atoms. The number of benzene rings is 1. The summed E-state index contributed by atoms with van der Waals surface area (Å²) in [4.78, 5) is 7.30. The summed E-state index contributed by atoms with van der Waals surface area (Å²) in [7, 11) is 0. The molecule has 0 radical (unpaired) electrons. The maximum Gasteiger partial charge on any atom is 0.0934 e. The molecule has 0 spiro atoms. The molecule has 1 N–H and O–H groups in total. The van der Waals surface area contributed by atoms with E-state index in [0.717, 1.165) is 20.8 Å². The summed E-state index contributed by atoms with van der Waals surface area (Å²) >= 11 is 6.91. The van der Waals surface area contributed by atoms with E-state index in [2.05, 4.69) is 41.8 Å². The third kappa shape index (κ3) is 1.19. The number of halogens is 2. The lowest BCUT2D eigenvalue weighted by molar-refractivity contribution is 1.33. The van der Waals surface area contributed by atoms with Gasteiger partial charge in [-0.2, -0.15) is 0 Å². The van der Waals surface area contributed by atoms with E-state index in [-0.39, 0.29) is 0 Å². The van der Waals surface area contributed by atoms with E-state index in [1.165, 1.54) is 5.56 Å². The minimum Gasteiger partial charge on any atom is -0.345 e. The van der Waals surface area contributed by atoms with E-state index < -0.39 is 0 Å². The number of alkyl halides is 1. The molecule has 0 saturated heterocycles. The van der Waals surface area contributed by atoms with Crippen LogP contribution >= 0.6 is 31.9 Å². The van der Waals surface area contributed by atoms with Gasteiger partial charge in [-0.1, -0.05) is 31.9 Å². The molecule has 2 nitrogen and oxygen atoms in total. The van der Waals surface area contributed by atoms with E-state index in [0.29, 0.717) is 0 Å². The lowest BCUT2D eigenvalue weighted by atomic mass is 10.2. The Morgan fingerprint density at radius 3 is 3.00 bits per heavy atom. The predicted molar refractivity (Wildman–Crippen MR) is 56.4 cm³/mol. The smallest absolute Gasteiger partial charge is 0.0934 e. The molecule has 0 saturated carbocycles. The highest BCUT2D eigenvalue weighted by Crippen LogP contribution is 2.25. The number of H-pyrrole nitrogens is 1. The first-order valence-corrected chi connectivity index (χ1v) is 5.41. The number of imidazole rings is 1. The minimum atomic E-state index is 0.815. The fourth-order valence-corrected chi connectivity index (χ4v) is 2.57. The lowest BCUT2D eigenvalue weighted by Crippen LogP contribution is -1.82. The molecule has 0 atom stereocenters. The number of rotatable bonds is 1. The molecule has 0 amide bonds. The Kier molecular flexibility index (Phi) is 2.19. The van der Waals surface area contributed by atoms with Crippen LogP contribution < -0.4 is 0 Å². The number of aromatic amines is 1. The van der Waals surface area contributed by atoms with Crippen molar-refractivity contribution in [2.75, 3.05) is 0 Å². The Bertz CT molecular complexity index is 408. The zero-order chi connectivity index (χ0) is 8.55. The van der Waals surface area contributed by atoms with Crippen molar-refractivity contribution in [1.82, 2.24) is 9.97 Å². The molecule has 0 aliphatic rings. The first-order valence-electron chi connectivity index (χ1n) is 3.49. The molecule has 62 valence electrons. The Hall–Kier alpha value is -0.350. The fraction of sp³-hybridized carbons (Fsp3) is 0.125. The topological polar surface area (TPSA) is 28.7 Å². The summed E-state index contributed by atoms with van der Waals surface area (Å²) in [5, 5.41) is 0.815. The molecule has 0 aliphatic carbocycles. The monoisotopic (exact) mass is 288 g/mol. The van der Waals surface area contributed by atoms with Crippen molar-refractivity contribution in [3.63, 3.8) is 0 Å². The van der Waals surface area contributed by atoms with Gasteiger partial charge >= 0.3 is 0 Å². The molecule has 4 heteroatoms. The minimum absolute atomic E-state index is 0.815. The molecule has 1 aromatic heterocycles. The molecule has 1 aromatic carbocycles. The van der Waals surface area contributed by atoms with Gasteiger partial charge in [0.2, 0.25) is 0 Å². The maximum absolute atomic E-state index is 4.23. The highest BCUT2D eigenvalue weighted by molar-refractivity contribution is 9.10. The van der Waals surface area contributed by atoms with Crippen LogP contribution in [0.1, 0.15) is 5.56 Å². The maximum atomic E-state index is 4.23. The second-order valence-electron chi connectivity index (χ2n) is 2.46. The van der Waals surface area contributed by atoms with Crippen molar-refractivity contribution in [3.05, 3.63) is 28.5 Å². The summed E-state index contributed by atoms with van der Waals surface area (Å²) in [5.74, 6) is 0. The van der Waals surface area contributed by atoms with Crippen LogP contribution in [-0.2, 0) is 5.33 Å². The van der Waals surface area contributed by atoms with Gasteiger partial charge in [0.1, 0.15) is 0 Å². The first kappa shape index (κ1) is 8.26. The Balaban J connectivity index is 2.83. The summed E-state index contributed by atoms with van der Waals surface area (Å²) in [6.07, 6.45) is 1.71. The fourth-order valence-electron chi connectivity index (χ4n) is 1.17. The van der Waals surface area contributed by atoms with E-state index in [1.807, 2.05) is 12.1 Å². The molecule has 2 aromatic rings. The predicted octanol–water partition coefficient (Wildman–Crippen LogP) is 3.22. The Morgan fingerprint density at radius 1 is 1.42 bits per heavy atom. The summed E-state index contributed by atoms with van der Waals surface area (Å²) in [6, 6.07) is 4.04. The van der Waals surface area contributed by atoms with Crippen LogP contribution in [0.15, 0.2) is 22.9 Å². The van der Waals surface area contributed by atoms with Crippen molar-refractivity contribution in [3.8, 4) is 0 Å². The molecular weight excluding hydrogens is 284 g/mol. The molecule has 1 heterocycles. The van der Waals surface area contributed by atoms with E-state index >= 15 is 0 Å². The van der Waals surface area contributed by atoms with Crippen molar-refractivity contribution >= 4 is 42.9 Å². The molecule has 2 rings (SSSR count). The van der Waals surface area contributed by atoms with Gasteiger partial charge in [-0.25, -0.2) is 4.98 Å². The van der Waals surface area contributed by atoms with Crippen molar-refractivity contribution < 1.29 is 0 Å². The second kappa shape index (κ2) is 3.18. The van der Waals surface area contributed by atoms with Gasteiger partial charge in [0.05, 0.1) is 17.4 Å². The Morgan fingerprint density at radius 2 is 2.25 bits per heavy atom. The third-order valence-corrected chi connectivity index (χ3v) is 3.08. The number of aromatic nitrogens is 2. The molecule has 0 aliphatic heterocycles. The average Bonchev–Trinajstić information content (AvgIpc) is 2.52. The van der Waals surface area contributed by atoms with Crippen LogP contribution in [-0.4, -0.2) is 9.97 Å². The highest BCUT2D eigenvalue weighted by atomic mass is 79.9. The van der Waals surface area contributed by atoms with Gasteiger partial charge in [0.25, 0.3) is 0 Å². The summed E-state index contributed by atoms with van der Waals surface area (Å²) < 4.78 is 1.10. The average molecular weight is 290 g/mol. The van der Waals surface area contributed by atoms with Crippen molar-refractivity contribution in [2.24, 2.45) is 0 Å². The zero-order valence-electron chi connectivity index (χ0n) is 6.14. The quantitative estimate of drug-likeness (QED) is 0.803. The second-order valence-corrected chi connectivity index (χ2v) is 3.87. The van der Waals surface area contributed by atoms with Gasteiger partial charge < -0.3 is 4.98 Å². The van der Waals surface area contributed by atoms with Gasteiger partial charge in [0.15, 0.2) is 0 Å². The van der Waals surface area contributed by atoms with E-state index in [9.17, 15) is 0 Å². The molecule has 0 unspecified atom stereocenters. The standard InChI is InChI=1S/C8H6Br2N2/c9-3-5-6(10)1-2-7-8(5)12-4-11-7/h1-2,4H,3H2,(H,11,12). The van der Waals surface area contributed by atoms with Crippen LogP contribution in [0.5, 0.6) is 0 Å². The van der Waals surface area contributed by atoms with Crippen LogP contribution in [0.3, 0.4) is 0 Å². The third-order valence-electron chi connectivity index (χ3n) is 1.77. The molecular formula is C8H6Br2N2. The number of hydrogen-bond donors (Lipinski definition) is 1. The summed E-state index contributed by atoms with van der Waals surface area (Å²) in [5.41, 5.74) is 3.29. The van der Waals surface area contributed by atoms with Crippen molar-refractivity contribution in [1.29, 1.82) is 0 Å². The highest BCUT2D eigenvalue weighted by Gasteiger charge is 2.05. The van der Waals surface area contributed by atoms with Gasteiger partial charge in [0, 0.05) is 15.4 Å². The van der Waals surface area contributed by atoms with Crippen molar-refractivity contribution in [2.45, 2.75) is 5.33 Å². The van der Waals surface area contributed by atoms with Crippen LogP contribution in [0.4, 0.5) is 0 Å². The normalized spacial score (nSPS) is 10.8. The Labute approximate surface area is 86.6 Å². The molecule has 0 bridgehead atoms. The van der Waals surface area contributed by atoms with Crippen LogP contribution in [0.2, 0.25) is 0 Å². The molecule has 0 fully saturated rings. The number of nitrogens with zero attached hydrogens (tertiary/aromatic N) is 1. The van der Waals surface area contributed by atoms with Gasteiger partial charge in [-0.3, -0.25) is 0 Å². The zero-order valence-corrected chi connectivity index (χ0v) is 9.31. The van der Waals surface area contributed by atoms with Gasteiger partial charge in [-0.15, -0.1) is 0 Å². The number of hydrogen-bond acceptors (Lipinski definition) is 1. The van der Waals surface area contributed by atoms with Gasteiger partial charge in [-0.05, 0) is 12.1 Å². The van der Waals surface area contributed by atoms with E-state index in [4.69, 9.17) is 0 Å². The largest absolute Gasteiger partial charge is 0.345 e. The lowest BCUT2D eigenvalue weighted by Gasteiger charge is -1.99. The SMILES string of the molecule is BrCc1c(Br)ccc2[nH]cnc12. The van der Waals surface area contributed by atoms with E-state index in [1.54, 1.807) is 6.33 Å². The summed E-state index contributed by atoms with van der Waals surface area (Å²) in [6.45, 7) is 0. The van der Waals surface area contributed by atoms with Crippen LogP contribution in [0.25, 0.3) is 11.0 Å². The first-order chi connectivity index (χ1) is 5.83. The number of fused-ring (bicyclic) bond motifs is 1. The van der Waals surface area contributed by atoms with Crippen LogP contribution in [0, 0.1) is 0 Å².